The van der Waals surface area contributed by atoms with Crippen LogP contribution in [0.15, 0.2) is 53.1 Å². The molecule has 6 heteroatoms. The van der Waals surface area contributed by atoms with Crippen LogP contribution in [0, 0.1) is 0 Å². The Morgan fingerprint density at radius 2 is 1.94 bits per heavy atom. The van der Waals surface area contributed by atoms with Gasteiger partial charge in [-0.25, -0.2) is 0 Å². The van der Waals surface area contributed by atoms with Crippen molar-refractivity contribution in [1.82, 2.24) is 10.1 Å². The molecule has 2 aliphatic rings. The van der Waals surface area contributed by atoms with E-state index in [2.05, 4.69) is 52.9 Å². The molecule has 2 heterocycles. The van der Waals surface area contributed by atoms with Gasteiger partial charge in [0.25, 0.3) is 0 Å². The third kappa shape index (κ3) is 4.19. The van der Waals surface area contributed by atoms with Crippen molar-refractivity contribution >= 4 is 11.6 Å². The summed E-state index contributed by atoms with van der Waals surface area (Å²) < 4.78 is 11.6. The zero-order valence-corrected chi connectivity index (χ0v) is 18.5. The van der Waals surface area contributed by atoms with Gasteiger partial charge in [-0.1, -0.05) is 47.6 Å². The van der Waals surface area contributed by atoms with E-state index in [1.165, 1.54) is 11.1 Å². The molecule has 32 heavy (non-hydrogen) atoms. The number of rotatable bonds is 7. The average Bonchev–Trinajstić information content (AvgIpc) is 3.45. The van der Waals surface area contributed by atoms with Crippen molar-refractivity contribution in [2.24, 2.45) is 0 Å². The summed E-state index contributed by atoms with van der Waals surface area (Å²) in [5, 5.41) is 7.18. The number of amides is 1. The van der Waals surface area contributed by atoms with Crippen molar-refractivity contribution in [2.45, 2.75) is 62.9 Å². The predicted molar refractivity (Wildman–Crippen MR) is 121 cm³/mol. The molecule has 166 valence electrons. The third-order valence-corrected chi connectivity index (χ3v) is 6.98. The van der Waals surface area contributed by atoms with Crippen LogP contribution in [0.25, 0.3) is 0 Å². The molecule has 0 spiro atoms. The van der Waals surface area contributed by atoms with Gasteiger partial charge in [-0.05, 0) is 67.2 Å². The minimum atomic E-state index is -0.452. The maximum Gasteiger partial charge on any atom is 0.228 e. The molecule has 1 aliphatic heterocycles. The number of hydrogen-bond acceptors (Lipinski definition) is 5. The highest BCUT2D eigenvalue weighted by atomic mass is 16.5. The number of aromatic nitrogens is 2. The van der Waals surface area contributed by atoms with E-state index in [1.54, 1.807) is 7.11 Å². The summed E-state index contributed by atoms with van der Waals surface area (Å²) in [5.41, 5.74) is 4.20. The Kier molecular flexibility index (Phi) is 5.79. The van der Waals surface area contributed by atoms with E-state index in [4.69, 9.17) is 14.2 Å². The molecule has 1 N–H and O–H groups in total. The van der Waals surface area contributed by atoms with Gasteiger partial charge in [-0.3, -0.25) is 4.79 Å². The monoisotopic (exact) mass is 431 g/mol. The highest BCUT2D eigenvalue weighted by Gasteiger charge is 2.41. The van der Waals surface area contributed by atoms with Gasteiger partial charge < -0.3 is 14.6 Å². The van der Waals surface area contributed by atoms with E-state index >= 15 is 0 Å². The number of ether oxygens (including phenoxy) is 1. The quantitative estimate of drug-likeness (QED) is 0.573. The van der Waals surface area contributed by atoms with Crippen molar-refractivity contribution in [1.29, 1.82) is 0 Å². The van der Waals surface area contributed by atoms with Crippen molar-refractivity contribution in [3.63, 3.8) is 0 Å². The van der Waals surface area contributed by atoms with Gasteiger partial charge in [0.15, 0.2) is 0 Å². The highest BCUT2D eigenvalue weighted by Crippen LogP contribution is 2.44. The van der Waals surface area contributed by atoms with Crippen LogP contribution in [-0.2, 0) is 34.4 Å². The Morgan fingerprint density at radius 3 is 2.72 bits per heavy atom. The normalized spacial score (nSPS) is 22.5. The molecule has 0 radical (unpaired) electrons. The molecule has 0 bridgehead atoms. The van der Waals surface area contributed by atoms with Crippen LogP contribution in [0.2, 0.25) is 0 Å². The van der Waals surface area contributed by atoms with E-state index in [9.17, 15) is 4.79 Å². The van der Waals surface area contributed by atoms with Gasteiger partial charge in [0.1, 0.15) is 5.60 Å². The van der Waals surface area contributed by atoms with E-state index in [-0.39, 0.29) is 5.91 Å². The second kappa shape index (κ2) is 8.87. The lowest BCUT2D eigenvalue weighted by atomic mass is 9.75. The summed E-state index contributed by atoms with van der Waals surface area (Å²) in [6.45, 7) is 0. The van der Waals surface area contributed by atoms with Gasteiger partial charge in [-0.15, -0.1) is 0 Å². The fourth-order valence-electron chi connectivity index (χ4n) is 5.09. The number of anilines is 1. The Hall–Kier alpha value is -2.99. The number of nitrogens with zero attached hydrogens (tertiary/aromatic N) is 2. The van der Waals surface area contributed by atoms with Crippen LogP contribution < -0.4 is 5.32 Å². The summed E-state index contributed by atoms with van der Waals surface area (Å²) in [4.78, 5) is 16.3. The van der Waals surface area contributed by atoms with E-state index in [1.807, 2.05) is 6.07 Å². The Bertz CT molecular complexity index is 1080. The number of aryl methyl sites for hydroxylation is 2. The summed E-state index contributed by atoms with van der Waals surface area (Å²) in [5.74, 6) is 1.98. The van der Waals surface area contributed by atoms with Crippen LogP contribution >= 0.6 is 0 Å². The fraction of sp³-hybridized carbons (Fsp3) is 0.423. The van der Waals surface area contributed by atoms with E-state index < -0.39 is 5.60 Å². The van der Waals surface area contributed by atoms with Gasteiger partial charge in [0.2, 0.25) is 17.6 Å². The molecule has 1 aromatic heterocycles. The third-order valence-electron chi connectivity index (χ3n) is 6.98. The lowest BCUT2D eigenvalue weighted by Crippen LogP contribution is -2.34. The lowest BCUT2D eigenvalue weighted by Gasteiger charge is -2.36. The number of benzene rings is 2. The number of methoxy groups -OCH3 is 1. The van der Waals surface area contributed by atoms with Crippen LogP contribution in [0.3, 0.4) is 0 Å². The molecule has 5 rings (SSSR count). The van der Waals surface area contributed by atoms with Crippen LogP contribution in [0.1, 0.15) is 66.4 Å². The fourth-order valence-corrected chi connectivity index (χ4v) is 5.09. The maximum absolute atomic E-state index is 11.5. The van der Waals surface area contributed by atoms with Crippen molar-refractivity contribution < 1.29 is 14.1 Å². The van der Waals surface area contributed by atoms with Crippen molar-refractivity contribution in [3.8, 4) is 0 Å². The second-order valence-electron chi connectivity index (χ2n) is 8.97. The largest absolute Gasteiger partial charge is 0.370 e. The van der Waals surface area contributed by atoms with Crippen LogP contribution in [0.5, 0.6) is 0 Å². The standard InChI is InChI=1S/C26H29N3O3/c1-31-26(14-12-20(13-15-26)19-7-3-2-4-8-19)25-28-24(32-29-25)9-5-6-18-10-11-22-21(16-18)17-23(30)27-22/h2-4,7-8,10-11,16,20H,5-6,9,12-15,17H2,1H3,(H,27,30). The first kappa shape index (κ1) is 20.9. The molecule has 0 saturated heterocycles. The van der Waals surface area contributed by atoms with E-state index in [0.29, 0.717) is 24.1 Å². The van der Waals surface area contributed by atoms with Crippen LogP contribution in [0.4, 0.5) is 5.69 Å². The first-order valence-corrected chi connectivity index (χ1v) is 11.5. The van der Waals surface area contributed by atoms with Gasteiger partial charge in [0.05, 0.1) is 6.42 Å². The summed E-state index contributed by atoms with van der Waals surface area (Å²) >= 11 is 0. The minimum absolute atomic E-state index is 0.0698. The number of carbonyl (C=O) groups excluding carboxylic acids is 1. The number of carbonyl (C=O) groups is 1. The molecule has 1 aliphatic carbocycles. The van der Waals surface area contributed by atoms with Gasteiger partial charge in [-0.2, -0.15) is 4.98 Å². The molecular weight excluding hydrogens is 402 g/mol. The van der Waals surface area contributed by atoms with Gasteiger partial charge in [0, 0.05) is 19.2 Å². The first-order valence-electron chi connectivity index (χ1n) is 11.5. The molecule has 1 saturated carbocycles. The predicted octanol–water partition coefficient (Wildman–Crippen LogP) is 4.94. The topological polar surface area (TPSA) is 77.2 Å². The Balaban J connectivity index is 1.18. The molecule has 1 amide bonds. The molecule has 2 aromatic carbocycles. The zero-order chi connectivity index (χ0) is 22.0. The Morgan fingerprint density at radius 1 is 1.12 bits per heavy atom. The number of nitrogens with one attached hydrogen (secondary N) is 1. The first-order chi connectivity index (χ1) is 15.6. The lowest BCUT2D eigenvalue weighted by molar-refractivity contribution is -0.115. The summed E-state index contributed by atoms with van der Waals surface area (Å²) in [6, 6.07) is 16.9. The molecule has 0 unspecified atom stereocenters. The smallest absolute Gasteiger partial charge is 0.228 e. The summed E-state index contributed by atoms with van der Waals surface area (Å²) in [7, 11) is 1.76. The minimum Gasteiger partial charge on any atom is -0.370 e. The second-order valence-corrected chi connectivity index (χ2v) is 8.97. The zero-order valence-electron chi connectivity index (χ0n) is 18.5. The van der Waals surface area contributed by atoms with E-state index in [0.717, 1.165) is 56.2 Å². The molecule has 1 fully saturated rings. The molecule has 0 atom stereocenters. The van der Waals surface area contributed by atoms with Crippen LogP contribution in [-0.4, -0.2) is 23.2 Å². The van der Waals surface area contributed by atoms with Crippen molar-refractivity contribution in [3.05, 3.63) is 76.9 Å². The number of hydrogen-bond donors (Lipinski definition) is 1. The van der Waals surface area contributed by atoms with Crippen molar-refractivity contribution in [2.75, 3.05) is 12.4 Å². The molecular formula is C26H29N3O3. The SMILES string of the molecule is COC1(c2noc(CCCc3ccc4c(c3)CC(=O)N4)n2)CCC(c2ccccc2)CC1. The van der Waals surface area contributed by atoms with Gasteiger partial charge >= 0.3 is 0 Å². The number of fused-ring (bicyclic) bond motifs is 1. The average molecular weight is 432 g/mol. The molecule has 6 nitrogen and oxygen atoms in total. The Labute approximate surface area is 188 Å². The maximum atomic E-state index is 11.5. The molecule has 3 aromatic rings. The summed E-state index contributed by atoms with van der Waals surface area (Å²) in [6.07, 6.45) is 6.92. The highest BCUT2D eigenvalue weighted by molar-refractivity contribution is 5.99.